The molecule has 0 spiro atoms. The Morgan fingerprint density at radius 3 is 2.60 bits per heavy atom. The normalized spacial score (nSPS) is 29.9. The molecule has 2 N–H and O–H groups in total. The number of nitrogens with one attached hydrogen (secondary N) is 1. The standard InChI is InChI=1S/C21H29F3N4O2/c1-13-2-3-14(9-19(13)29)8-18-15(10-25)11-26-20(28-18)27-16-4-6-17(7-5-16)30-12-21(22,23)24/h11,13-14,16-17,19,29H,2-9,12H2,1H3,(H,26,27,28)/t13-,14+,16?,17?,19?/m1/s1. The summed E-state index contributed by atoms with van der Waals surface area (Å²) in [7, 11) is 0. The van der Waals surface area contributed by atoms with Gasteiger partial charge in [0, 0.05) is 6.04 Å². The van der Waals surface area contributed by atoms with E-state index in [0.29, 0.717) is 61.6 Å². The summed E-state index contributed by atoms with van der Waals surface area (Å²) >= 11 is 0. The molecule has 3 rings (SSSR count). The molecule has 1 aromatic rings. The summed E-state index contributed by atoms with van der Waals surface area (Å²) in [6, 6.07) is 2.21. The zero-order valence-electron chi connectivity index (χ0n) is 17.2. The summed E-state index contributed by atoms with van der Waals surface area (Å²) in [5.41, 5.74) is 1.13. The molecule has 2 fully saturated rings. The van der Waals surface area contributed by atoms with E-state index in [1.54, 1.807) is 0 Å². The second kappa shape index (κ2) is 9.92. The van der Waals surface area contributed by atoms with Gasteiger partial charge in [-0.3, -0.25) is 0 Å². The van der Waals surface area contributed by atoms with E-state index >= 15 is 0 Å². The Hall–Kier alpha value is -1.92. The first-order valence-electron chi connectivity index (χ1n) is 10.6. The number of rotatable bonds is 6. The van der Waals surface area contributed by atoms with E-state index in [1.807, 2.05) is 0 Å². The first-order chi connectivity index (χ1) is 14.2. The van der Waals surface area contributed by atoms with Gasteiger partial charge in [-0.2, -0.15) is 18.4 Å². The van der Waals surface area contributed by atoms with Crippen LogP contribution in [0.5, 0.6) is 0 Å². The van der Waals surface area contributed by atoms with Gasteiger partial charge in [-0.15, -0.1) is 0 Å². The van der Waals surface area contributed by atoms with Gasteiger partial charge in [0.2, 0.25) is 5.95 Å². The van der Waals surface area contributed by atoms with Gasteiger partial charge in [-0.25, -0.2) is 9.97 Å². The number of nitrogens with zero attached hydrogens (tertiary/aromatic N) is 3. The Labute approximate surface area is 174 Å². The molecule has 0 radical (unpaired) electrons. The quantitative estimate of drug-likeness (QED) is 0.715. The van der Waals surface area contributed by atoms with E-state index in [4.69, 9.17) is 4.74 Å². The van der Waals surface area contributed by atoms with Gasteiger partial charge < -0.3 is 15.2 Å². The molecule has 2 aliphatic carbocycles. The highest BCUT2D eigenvalue weighted by atomic mass is 19.4. The highest BCUT2D eigenvalue weighted by molar-refractivity contribution is 5.37. The second-order valence-electron chi connectivity index (χ2n) is 8.64. The second-order valence-corrected chi connectivity index (χ2v) is 8.64. The summed E-state index contributed by atoms with van der Waals surface area (Å²) in [5, 5.41) is 22.8. The molecule has 0 aliphatic heterocycles. The van der Waals surface area contributed by atoms with Crippen molar-refractivity contribution in [2.24, 2.45) is 11.8 Å². The van der Waals surface area contributed by atoms with Gasteiger partial charge in [0.15, 0.2) is 0 Å². The monoisotopic (exact) mass is 426 g/mol. The highest BCUT2D eigenvalue weighted by Gasteiger charge is 2.31. The summed E-state index contributed by atoms with van der Waals surface area (Å²) in [6.45, 7) is 0.851. The SMILES string of the molecule is C[C@@H]1CC[C@@H](Cc2nc(NC3CCC(OCC(F)(F)F)CC3)ncc2C#N)CC1O. The van der Waals surface area contributed by atoms with Crippen molar-refractivity contribution in [3.63, 3.8) is 0 Å². The summed E-state index contributed by atoms with van der Waals surface area (Å²) in [4.78, 5) is 8.79. The Morgan fingerprint density at radius 2 is 1.97 bits per heavy atom. The molecule has 0 aromatic carbocycles. The van der Waals surface area contributed by atoms with Gasteiger partial charge in [0.05, 0.1) is 29.7 Å². The number of hydrogen-bond donors (Lipinski definition) is 2. The van der Waals surface area contributed by atoms with Crippen LogP contribution in [0.4, 0.5) is 19.1 Å². The molecule has 2 aliphatic rings. The van der Waals surface area contributed by atoms with Crippen molar-refractivity contribution in [3.05, 3.63) is 17.5 Å². The van der Waals surface area contributed by atoms with E-state index in [9.17, 15) is 23.5 Å². The van der Waals surface area contributed by atoms with Crippen molar-refractivity contribution in [3.8, 4) is 6.07 Å². The number of halogens is 3. The van der Waals surface area contributed by atoms with Crippen LogP contribution in [0.2, 0.25) is 0 Å². The molecule has 1 heterocycles. The molecule has 2 saturated carbocycles. The average Bonchev–Trinajstić information content (AvgIpc) is 2.70. The third-order valence-corrected chi connectivity index (χ3v) is 6.22. The lowest BCUT2D eigenvalue weighted by Crippen LogP contribution is -2.32. The molecule has 9 heteroatoms. The van der Waals surface area contributed by atoms with Crippen molar-refractivity contribution in [2.75, 3.05) is 11.9 Å². The van der Waals surface area contributed by atoms with Crippen LogP contribution < -0.4 is 5.32 Å². The number of aliphatic hydroxyl groups is 1. The molecule has 0 saturated heterocycles. The first-order valence-corrected chi connectivity index (χ1v) is 10.6. The predicted octanol–water partition coefficient (Wildman–Crippen LogP) is 3.99. The Kier molecular flexibility index (Phi) is 7.53. The van der Waals surface area contributed by atoms with Crippen molar-refractivity contribution >= 4 is 5.95 Å². The number of anilines is 1. The number of aromatic nitrogens is 2. The van der Waals surface area contributed by atoms with Gasteiger partial charge in [0.25, 0.3) is 0 Å². The number of ether oxygens (including phenoxy) is 1. The zero-order valence-corrected chi connectivity index (χ0v) is 17.2. The topological polar surface area (TPSA) is 91.1 Å². The molecule has 0 amide bonds. The van der Waals surface area contributed by atoms with Gasteiger partial charge in [-0.1, -0.05) is 6.92 Å². The molecule has 30 heavy (non-hydrogen) atoms. The van der Waals surface area contributed by atoms with Crippen LogP contribution in [0.3, 0.4) is 0 Å². The first kappa shape index (κ1) is 22.8. The largest absolute Gasteiger partial charge is 0.411 e. The fraction of sp³-hybridized carbons (Fsp3) is 0.762. The highest BCUT2D eigenvalue weighted by Crippen LogP contribution is 2.32. The summed E-state index contributed by atoms with van der Waals surface area (Å²) in [6.07, 6.45) is 2.28. The van der Waals surface area contributed by atoms with Crippen LogP contribution in [0.1, 0.15) is 63.1 Å². The van der Waals surface area contributed by atoms with Crippen LogP contribution in [-0.2, 0) is 11.2 Å². The predicted molar refractivity (Wildman–Crippen MR) is 105 cm³/mol. The van der Waals surface area contributed by atoms with Crippen LogP contribution in [0.25, 0.3) is 0 Å². The number of hydrogen-bond acceptors (Lipinski definition) is 6. The number of nitriles is 1. The van der Waals surface area contributed by atoms with Crippen molar-refractivity contribution < 1.29 is 23.0 Å². The zero-order chi connectivity index (χ0) is 21.7. The van der Waals surface area contributed by atoms with Gasteiger partial charge >= 0.3 is 6.18 Å². The average molecular weight is 426 g/mol. The van der Waals surface area contributed by atoms with E-state index in [-0.39, 0.29) is 24.2 Å². The molecule has 6 nitrogen and oxygen atoms in total. The van der Waals surface area contributed by atoms with Gasteiger partial charge in [-0.05, 0) is 63.2 Å². The minimum Gasteiger partial charge on any atom is -0.393 e. The Balaban J connectivity index is 1.55. The lowest BCUT2D eigenvalue weighted by atomic mass is 9.78. The smallest absolute Gasteiger partial charge is 0.393 e. The Morgan fingerprint density at radius 1 is 1.23 bits per heavy atom. The molecular weight excluding hydrogens is 397 g/mol. The number of alkyl halides is 3. The van der Waals surface area contributed by atoms with E-state index < -0.39 is 12.8 Å². The fourth-order valence-electron chi connectivity index (χ4n) is 4.35. The van der Waals surface area contributed by atoms with Crippen LogP contribution in [0.15, 0.2) is 6.20 Å². The van der Waals surface area contributed by atoms with Crippen LogP contribution in [-0.4, -0.2) is 46.1 Å². The molecule has 166 valence electrons. The Bertz CT molecular complexity index is 745. The fourth-order valence-corrected chi connectivity index (χ4v) is 4.35. The summed E-state index contributed by atoms with van der Waals surface area (Å²) in [5.74, 6) is 1.02. The third kappa shape index (κ3) is 6.54. The van der Waals surface area contributed by atoms with Crippen molar-refractivity contribution in [2.45, 2.75) is 82.7 Å². The lowest BCUT2D eigenvalue weighted by molar-refractivity contribution is -0.187. The van der Waals surface area contributed by atoms with Crippen molar-refractivity contribution in [1.82, 2.24) is 9.97 Å². The third-order valence-electron chi connectivity index (χ3n) is 6.22. The maximum Gasteiger partial charge on any atom is 0.411 e. The van der Waals surface area contributed by atoms with E-state index in [1.165, 1.54) is 6.20 Å². The molecule has 1 aromatic heterocycles. The number of aliphatic hydroxyl groups excluding tert-OH is 1. The van der Waals surface area contributed by atoms with Crippen molar-refractivity contribution in [1.29, 1.82) is 5.26 Å². The lowest BCUT2D eigenvalue weighted by Gasteiger charge is -2.31. The van der Waals surface area contributed by atoms with Gasteiger partial charge in [0.1, 0.15) is 12.7 Å². The maximum atomic E-state index is 12.3. The summed E-state index contributed by atoms with van der Waals surface area (Å²) < 4.78 is 41.8. The minimum atomic E-state index is -4.30. The maximum absolute atomic E-state index is 12.3. The minimum absolute atomic E-state index is 0.0638. The molecule has 0 bridgehead atoms. The molecule has 1 unspecified atom stereocenters. The van der Waals surface area contributed by atoms with Crippen LogP contribution in [0, 0.1) is 23.2 Å². The van der Waals surface area contributed by atoms with E-state index in [2.05, 4.69) is 28.3 Å². The van der Waals surface area contributed by atoms with E-state index in [0.717, 1.165) is 12.8 Å². The molecular formula is C21H29F3N4O2. The molecule has 3 atom stereocenters. The van der Waals surface area contributed by atoms with Crippen LogP contribution >= 0.6 is 0 Å².